The van der Waals surface area contributed by atoms with Gasteiger partial charge in [-0.05, 0) is 18.9 Å². The Balaban J connectivity index is 2.59. The predicted octanol–water partition coefficient (Wildman–Crippen LogP) is 0.283. The van der Waals surface area contributed by atoms with Crippen LogP contribution in [-0.4, -0.2) is 6.54 Å². The Morgan fingerprint density at radius 2 is 2.33 bits per heavy atom. The summed E-state index contributed by atoms with van der Waals surface area (Å²) in [5, 5.41) is 0. The minimum atomic E-state index is 0.954. The third-order valence-corrected chi connectivity index (χ3v) is 1.60. The van der Waals surface area contributed by atoms with Gasteiger partial charge in [0.25, 0.3) is 0 Å². The molecular weight excluding hydrogens is 114 g/mol. The standard InChI is InChI=1S/C6H13N3/c1-3-6-4-7-9-8-5(6)2/h7-9H,3-4H2,1-2H3. The second-order valence-electron chi connectivity index (χ2n) is 2.19. The first-order valence-corrected chi connectivity index (χ1v) is 3.27. The van der Waals surface area contributed by atoms with Gasteiger partial charge in [-0.2, -0.15) is 5.53 Å². The van der Waals surface area contributed by atoms with E-state index in [0.29, 0.717) is 0 Å². The fourth-order valence-electron chi connectivity index (χ4n) is 0.900. The van der Waals surface area contributed by atoms with Crippen LogP contribution >= 0.6 is 0 Å². The molecule has 0 aromatic rings. The van der Waals surface area contributed by atoms with Gasteiger partial charge in [0.2, 0.25) is 0 Å². The van der Waals surface area contributed by atoms with Crippen LogP contribution in [0.4, 0.5) is 0 Å². The van der Waals surface area contributed by atoms with Crippen LogP contribution in [0, 0.1) is 0 Å². The number of hydrogen-bond acceptors (Lipinski definition) is 3. The fraction of sp³-hybridized carbons (Fsp3) is 0.667. The van der Waals surface area contributed by atoms with Crippen LogP contribution in [0.2, 0.25) is 0 Å². The van der Waals surface area contributed by atoms with Gasteiger partial charge >= 0.3 is 0 Å². The maximum atomic E-state index is 3.00. The first kappa shape index (κ1) is 6.58. The normalized spacial score (nSPS) is 19.8. The molecule has 0 saturated heterocycles. The molecule has 1 rings (SSSR count). The van der Waals surface area contributed by atoms with Crippen LogP contribution in [0.25, 0.3) is 0 Å². The highest BCUT2D eigenvalue weighted by molar-refractivity contribution is 5.12. The van der Waals surface area contributed by atoms with Gasteiger partial charge < -0.3 is 5.43 Å². The molecule has 0 radical (unpaired) electrons. The lowest BCUT2D eigenvalue weighted by Gasteiger charge is -2.20. The quantitative estimate of drug-likeness (QED) is 0.473. The molecule has 0 aromatic carbocycles. The van der Waals surface area contributed by atoms with E-state index in [1.807, 2.05) is 0 Å². The molecule has 3 heteroatoms. The summed E-state index contributed by atoms with van der Waals surface area (Å²) in [6.45, 7) is 5.19. The first-order valence-electron chi connectivity index (χ1n) is 3.27. The number of allylic oxidation sites excluding steroid dienone is 1. The summed E-state index contributed by atoms with van der Waals surface area (Å²) in [5.41, 5.74) is 11.5. The number of hydrogen-bond donors (Lipinski definition) is 3. The van der Waals surface area contributed by atoms with Crippen molar-refractivity contribution in [3.63, 3.8) is 0 Å². The van der Waals surface area contributed by atoms with Gasteiger partial charge in [-0.1, -0.05) is 6.92 Å². The van der Waals surface area contributed by atoms with Crippen molar-refractivity contribution in [1.82, 2.24) is 16.4 Å². The number of nitrogens with one attached hydrogen (secondary N) is 3. The van der Waals surface area contributed by atoms with Crippen LogP contribution in [0.3, 0.4) is 0 Å². The third kappa shape index (κ3) is 1.43. The molecule has 3 N–H and O–H groups in total. The van der Waals surface area contributed by atoms with E-state index in [0.717, 1.165) is 13.0 Å². The molecule has 0 amide bonds. The van der Waals surface area contributed by atoms with Gasteiger partial charge in [0, 0.05) is 12.2 Å². The van der Waals surface area contributed by atoms with Crippen LogP contribution in [-0.2, 0) is 0 Å². The molecule has 0 aliphatic carbocycles. The predicted molar refractivity (Wildman–Crippen MR) is 37.3 cm³/mol. The van der Waals surface area contributed by atoms with E-state index in [1.54, 1.807) is 0 Å². The van der Waals surface area contributed by atoms with Crippen LogP contribution in [0.15, 0.2) is 11.3 Å². The smallest absolute Gasteiger partial charge is 0.0348 e. The molecule has 1 heterocycles. The average Bonchev–Trinajstić information content (AvgIpc) is 1.89. The molecule has 0 spiro atoms. The van der Waals surface area contributed by atoms with Crippen molar-refractivity contribution in [2.45, 2.75) is 20.3 Å². The summed E-state index contributed by atoms with van der Waals surface area (Å²) in [7, 11) is 0. The summed E-state index contributed by atoms with van der Waals surface area (Å²) < 4.78 is 0. The molecule has 0 atom stereocenters. The largest absolute Gasteiger partial charge is 0.313 e. The molecule has 52 valence electrons. The van der Waals surface area contributed by atoms with Gasteiger partial charge in [-0.25, -0.2) is 5.43 Å². The molecule has 0 bridgehead atoms. The van der Waals surface area contributed by atoms with Crippen molar-refractivity contribution in [3.8, 4) is 0 Å². The maximum Gasteiger partial charge on any atom is 0.0348 e. The third-order valence-electron chi connectivity index (χ3n) is 1.60. The minimum absolute atomic E-state index is 0.954. The van der Waals surface area contributed by atoms with Crippen molar-refractivity contribution < 1.29 is 0 Å². The molecule has 0 fully saturated rings. The highest BCUT2D eigenvalue weighted by Gasteiger charge is 2.03. The molecular formula is C6H13N3. The average molecular weight is 127 g/mol. The van der Waals surface area contributed by atoms with Crippen LogP contribution in [0.5, 0.6) is 0 Å². The van der Waals surface area contributed by atoms with E-state index in [1.165, 1.54) is 11.3 Å². The van der Waals surface area contributed by atoms with Crippen LogP contribution < -0.4 is 16.4 Å². The van der Waals surface area contributed by atoms with E-state index < -0.39 is 0 Å². The second-order valence-corrected chi connectivity index (χ2v) is 2.19. The minimum Gasteiger partial charge on any atom is -0.313 e. The van der Waals surface area contributed by atoms with Gasteiger partial charge in [0.15, 0.2) is 0 Å². The molecule has 0 unspecified atom stereocenters. The SMILES string of the molecule is CCC1=C(C)NNNC1. The molecule has 0 saturated carbocycles. The first-order chi connectivity index (χ1) is 4.34. The summed E-state index contributed by atoms with van der Waals surface area (Å²) in [6.07, 6.45) is 1.12. The highest BCUT2D eigenvalue weighted by atomic mass is 15.6. The van der Waals surface area contributed by atoms with Crippen molar-refractivity contribution in [3.05, 3.63) is 11.3 Å². The molecule has 9 heavy (non-hydrogen) atoms. The maximum absolute atomic E-state index is 3.00. The Bertz CT molecular complexity index is 128. The highest BCUT2D eigenvalue weighted by Crippen LogP contribution is 2.04. The number of rotatable bonds is 1. The summed E-state index contributed by atoms with van der Waals surface area (Å²) in [4.78, 5) is 0. The van der Waals surface area contributed by atoms with Crippen molar-refractivity contribution in [2.24, 2.45) is 0 Å². The van der Waals surface area contributed by atoms with Crippen molar-refractivity contribution >= 4 is 0 Å². The Morgan fingerprint density at radius 1 is 1.56 bits per heavy atom. The van der Waals surface area contributed by atoms with Gasteiger partial charge in [0.1, 0.15) is 0 Å². The lowest BCUT2D eigenvalue weighted by molar-refractivity contribution is 0.455. The zero-order valence-electron chi connectivity index (χ0n) is 5.91. The summed E-state index contributed by atoms with van der Waals surface area (Å²) in [5.74, 6) is 0. The van der Waals surface area contributed by atoms with Crippen molar-refractivity contribution in [1.29, 1.82) is 0 Å². The zero-order valence-corrected chi connectivity index (χ0v) is 5.91. The van der Waals surface area contributed by atoms with E-state index >= 15 is 0 Å². The second kappa shape index (κ2) is 2.85. The Labute approximate surface area is 55.5 Å². The summed E-state index contributed by atoms with van der Waals surface area (Å²) in [6, 6.07) is 0. The Morgan fingerprint density at radius 3 is 2.78 bits per heavy atom. The lowest BCUT2D eigenvalue weighted by Crippen LogP contribution is -2.47. The topological polar surface area (TPSA) is 36.1 Å². The molecule has 3 nitrogen and oxygen atoms in total. The zero-order chi connectivity index (χ0) is 6.69. The van der Waals surface area contributed by atoms with E-state index in [2.05, 4.69) is 30.2 Å². The number of hydrazine groups is 2. The van der Waals surface area contributed by atoms with Crippen molar-refractivity contribution in [2.75, 3.05) is 6.54 Å². The molecule has 1 aliphatic rings. The summed E-state index contributed by atoms with van der Waals surface area (Å²) >= 11 is 0. The monoisotopic (exact) mass is 127 g/mol. The van der Waals surface area contributed by atoms with E-state index in [4.69, 9.17) is 0 Å². The molecule has 0 aromatic heterocycles. The molecule has 1 aliphatic heterocycles. The lowest BCUT2D eigenvalue weighted by atomic mass is 10.1. The van der Waals surface area contributed by atoms with Gasteiger partial charge in [-0.15, -0.1) is 0 Å². The van der Waals surface area contributed by atoms with Gasteiger partial charge in [0.05, 0.1) is 0 Å². The fourth-order valence-corrected chi connectivity index (χ4v) is 0.900. The van der Waals surface area contributed by atoms with E-state index in [9.17, 15) is 0 Å². The van der Waals surface area contributed by atoms with Crippen LogP contribution in [0.1, 0.15) is 20.3 Å². The Kier molecular flexibility index (Phi) is 2.08. The van der Waals surface area contributed by atoms with Gasteiger partial charge in [-0.3, -0.25) is 0 Å². The van der Waals surface area contributed by atoms with E-state index in [-0.39, 0.29) is 0 Å². The Hall–Kier alpha value is -0.540.